The van der Waals surface area contributed by atoms with Gasteiger partial charge in [-0.05, 0) is 47.9 Å². The summed E-state index contributed by atoms with van der Waals surface area (Å²) in [6.07, 6.45) is 2.93. The van der Waals surface area contributed by atoms with Crippen LogP contribution < -0.4 is 0 Å². The first-order valence-corrected chi connectivity index (χ1v) is 7.45. The molecule has 2 rings (SSSR count). The normalized spacial score (nSPS) is 10.9. The van der Waals surface area contributed by atoms with Crippen LogP contribution in [0.5, 0.6) is 0 Å². The number of nitrogens with zero attached hydrogens (tertiary/aromatic N) is 1. The maximum atomic E-state index is 12.2. The highest BCUT2D eigenvalue weighted by Gasteiger charge is 2.09. The molecule has 0 unspecified atom stereocenters. The van der Waals surface area contributed by atoms with Crippen LogP contribution in [-0.4, -0.2) is 12.1 Å². The Kier molecular flexibility index (Phi) is 5.85. The fourth-order valence-corrected chi connectivity index (χ4v) is 2.32. The van der Waals surface area contributed by atoms with Gasteiger partial charge in [-0.2, -0.15) is 5.26 Å². The molecule has 0 aliphatic heterocycles. The third kappa shape index (κ3) is 4.64. The maximum absolute atomic E-state index is 12.2. The molecule has 0 aliphatic carbocycles. The Morgan fingerprint density at radius 1 is 1.00 bits per heavy atom. The van der Waals surface area contributed by atoms with Crippen LogP contribution >= 0.6 is 11.6 Å². The lowest BCUT2D eigenvalue weighted by Crippen LogP contribution is -2.00. The quantitative estimate of drug-likeness (QED) is 0.448. The number of nitriles is 1. The molecule has 2 aromatic rings. The van der Waals surface area contributed by atoms with E-state index in [1.807, 2.05) is 18.2 Å². The summed E-state index contributed by atoms with van der Waals surface area (Å²) in [5.74, 6) is -0.0275. The third-order valence-electron chi connectivity index (χ3n) is 3.44. The lowest BCUT2D eigenvalue weighted by molar-refractivity contribution is -0.104. The van der Waals surface area contributed by atoms with E-state index in [1.165, 1.54) is 6.08 Å². The van der Waals surface area contributed by atoms with E-state index in [0.29, 0.717) is 22.6 Å². The molecule has 2 aromatic carbocycles. The van der Waals surface area contributed by atoms with E-state index in [2.05, 4.69) is 0 Å². The van der Waals surface area contributed by atoms with Crippen LogP contribution in [0.4, 0.5) is 0 Å². The first-order valence-electron chi connectivity index (χ1n) is 7.07. The highest BCUT2D eigenvalue weighted by atomic mass is 35.5. The molecule has 0 N–H and O–H groups in total. The van der Waals surface area contributed by atoms with Crippen molar-refractivity contribution in [3.63, 3.8) is 0 Å². The molecule has 3 nitrogen and oxygen atoms in total. The molecule has 114 valence electrons. The number of ketones is 1. The van der Waals surface area contributed by atoms with Crippen LogP contribution in [0.2, 0.25) is 5.02 Å². The molecule has 0 aliphatic rings. The van der Waals surface area contributed by atoms with Crippen LogP contribution in [0, 0.1) is 11.3 Å². The number of benzene rings is 2. The zero-order valence-corrected chi connectivity index (χ0v) is 13.1. The molecule has 0 fully saturated rings. The second-order valence-electron chi connectivity index (χ2n) is 4.95. The van der Waals surface area contributed by atoms with E-state index in [4.69, 9.17) is 16.9 Å². The molecule has 0 atom stereocenters. The summed E-state index contributed by atoms with van der Waals surface area (Å²) in [5, 5.41) is 9.38. The molecule has 0 amide bonds. The maximum Gasteiger partial charge on any atom is 0.163 e. The molecule has 4 heteroatoms. The van der Waals surface area contributed by atoms with Gasteiger partial charge in [0.2, 0.25) is 0 Å². The van der Waals surface area contributed by atoms with Gasteiger partial charge in [-0.3, -0.25) is 9.59 Å². The Hall–Kier alpha value is -2.70. The lowest BCUT2D eigenvalue weighted by Gasteiger charge is -2.07. The molecule has 0 aromatic heterocycles. The van der Waals surface area contributed by atoms with Crippen molar-refractivity contribution in [2.24, 2.45) is 0 Å². The Labute approximate surface area is 139 Å². The minimum atomic E-state index is -0.0275. The molecule has 0 saturated heterocycles. The lowest BCUT2D eigenvalue weighted by atomic mass is 9.97. The van der Waals surface area contributed by atoms with Gasteiger partial charge in [0.05, 0.1) is 11.6 Å². The monoisotopic (exact) mass is 323 g/mol. The Bertz CT molecular complexity index is 769. The molecule has 0 spiro atoms. The van der Waals surface area contributed by atoms with E-state index in [-0.39, 0.29) is 12.2 Å². The van der Waals surface area contributed by atoms with Crippen molar-refractivity contribution in [1.29, 1.82) is 5.26 Å². The van der Waals surface area contributed by atoms with Gasteiger partial charge in [-0.25, -0.2) is 0 Å². The Morgan fingerprint density at radius 2 is 1.61 bits per heavy atom. The topological polar surface area (TPSA) is 57.9 Å². The Morgan fingerprint density at radius 3 is 2.17 bits per heavy atom. The summed E-state index contributed by atoms with van der Waals surface area (Å²) >= 11 is 5.86. The predicted molar refractivity (Wildman–Crippen MR) is 90.2 cm³/mol. The number of carbonyl (C=O) groups excluding carboxylic acids is 2. The van der Waals surface area contributed by atoms with Gasteiger partial charge < -0.3 is 0 Å². The van der Waals surface area contributed by atoms with E-state index < -0.39 is 0 Å². The molecule has 0 radical (unpaired) electrons. The zero-order chi connectivity index (χ0) is 16.7. The van der Waals surface area contributed by atoms with Gasteiger partial charge in [-0.15, -0.1) is 0 Å². The fourth-order valence-electron chi connectivity index (χ4n) is 2.19. The van der Waals surface area contributed by atoms with Gasteiger partial charge >= 0.3 is 0 Å². The van der Waals surface area contributed by atoms with Crippen molar-refractivity contribution in [3.05, 3.63) is 76.3 Å². The Balaban J connectivity index is 2.08. The van der Waals surface area contributed by atoms with Crippen molar-refractivity contribution in [3.8, 4) is 6.07 Å². The van der Waals surface area contributed by atoms with E-state index >= 15 is 0 Å². The van der Waals surface area contributed by atoms with Crippen molar-refractivity contribution < 1.29 is 9.59 Å². The summed E-state index contributed by atoms with van der Waals surface area (Å²) in [5.41, 5.74) is 2.74. The molecule has 0 saturated carbocycles. The smallest absolute Gasteiger partial charge is 0.163 e. The first-order chi connectivity index (χ1) is 11.1. The zero-order valence-electron chi connectivity index (χ0n) is 12.3. The summed E-state index contributed by atoms with van der Waals surface area (Å²) in [4.78, 5) is 23.0. The average molecular weight is 324 g/mol. The van der Waals surface area contributed by atoms with Crippen molar-refractivity contribution in [2.75, 3.05) is 0 Å². The van der Waals surface area contributed by atoms with Gasteiger partial charge in [0.1, 0.15) is 6.29 Å². The summed E-state index contributed by atoms with van der Waals surface area (Å²) in [7, 11) is 0. The van der Waals surface area contributed by atoms with E-state index in [0.717, 1.165) is 17.4 Å². The minimum absolute atomic E-state index is 0.0275. The number of allylic oxidation sites excluding steroid dienone is 2. The van der Waals surface area contributed by atoms with E-state index in [1.54, 1.807) is 36.4 Å². The fraction of sp³-hybridized carbons (Fsp3) is 0.105. The van der Waals surface area contributed by atoms with Crippen LogP contribution in [0.15, 0.2) is 54.6 Å². The molecule has 0 bridgehead atoms. The number of carbonyl (C=O) groups is 2. The third-order valence-corrected chi connectivity index (χ3v) is 3.69. The standard InChI is InChI=1S/C19H14ClNO2/c20-18-8-5-15(6-9-18)16(11-12-22)7-10-19(23)17-3-1-14(13-21)2-4-17/h1-6,8-9,11-12H,7,10H2. The summed E-state index contributed by atoms with van der Waals surface area (Å²) < 4.78 is 0. The highest BCUT2D eigenvalue weighted by Crippen LogP contribution is 2.22. The molecule has 0 heterocycles. The van der Waals surface area contributed by atoms with Crippen LogP contribution in [0.25, 0.3) is 5.57 Å². The van der Waals surface area contributed by atoms with Crippen molar-refractivity contribution >= 4 is 29.2 Å². The van der Waals surface area contributed by atoms with Gasteiger partial charge in [-0.1, -0.05) is 35.9 Å². The van der Waals surface area contributed by atoms with Crippen LogP contribution in [0.3, 0.4) is 0 Å². The molecular weight excluding hydrogens is 310 g/mol. The predicted octanol–water partition coefficient (Wildman–Crippen LogP) is 4.46. The summed E-state index contributed by atoms with van der Waals surface area (Å²) in [6.45, 7) is 0. The number of halogens is 1. The molecule has 23 heavy (non-hydrogen) atoms. The number of Topliss-reactive ketones (excluding diaryl/α,β-unsaturated/α-hetero) is 1. The van der Waals surface area contributed by atoms with Gasteiger partial charge in [0, 0.05) is 17.0 Å². The highest BCUT2D eigenvalue weighted by molar-refractivity contribution is 6.30. The van der Waals surface area contributed by atoms with E-state index in [9.17, 15) is 9.59 Å². The number of hydrogen-bond donors (Lipinski definition) is 0. The van der Waals surface area contributed by atoms with Crippen LogP contribution in [0.1, 0.15) is 34.3 Å². The second-order valence-corrected chi connectivity index (χ2v) is 5.38. The second kappa shape index (κ2) is 8.07. The van der Waals surface area contributed by atoms with Crippen molar-refractivity contribution in [2.45, 2.75) is 12.8 Å². The van der Waals surface area contributed by atoms with Crippen molar-refractivity contribution in [1.82, 2.24) is 0 Å². The first kappa shape index (κ1) is 16.7. The largest absolute Gasteiger partial charge is 0.299 e. The summed E-state index contributed by atoms with van der Waals surface area (Å²) in [6, 6.07) is 15.7. The molecular formula is C19H14ClNO2. The number of rotatable bonds is 6. The van der Waals surface area contributed by atoms with Crippen LogP contribution in [-0.2, 0) is 4.79 Å². The average Bonchev–Trinajstić information content (AvgIpc) is 2.59. The number of aldehydes is 1. The van der Waals surface area contributed by atoms with Gasteiger partial charge in [0.25, 0.3) is 0 Å². The SMILES string of the molecule is N#Cc1ccc(C(=O)CCC(=CC=O)c2ccc(Cl)cc2)cc1. The van der Waals surface area contributed by atoms with Gasteiger partial charge in [0.15, 0.2) is 5.78 Å². The minimum Gasteiger partial charge on any atom is -0.299 e. The number of hydrogen-bond acceptors (Lipinski definition) is 3.